The first-order chi connectivity index (χ1) is 9.11. The van der Waals surface area contributed by atoms with E-state index >= 15 is 0 Å². The molecule has 2 aromatic rings. The van der Waals surface area contributed by atoms with Crippen molar-refractivity contribution in [1.82, 2.24) is 0 Å². The molecule has 0 radical (unpaired) electrons. The molecular weight excluding hydrogens is 285 g/mol. The van der Waals surface area contributed by atoms with Gasteiger partial charge in [-0.3, -0.25) is 4.79 Å². The second kappa shape index (κ2) is 6.08. The van der Waals surface area contributed by atoms with Crippen molar-refractivity contribution in [3.63, 3.8) is 0 Å². The van der Waals surface area contributed by atoms with E-state index in [9.17, 15) is 9.18 Å². The zero-order valence-electron chi connectivity index (χ0n) is 10.1. The summed E-state index contributed by atoms with van der Waals surface area (Å²) >= 11 is 7.28. The quantitative estimate of drug-likeness (QED) is 0.847. The average Bonchev–Trinajstić information content (AvgIpc) is 2.42. The smallest absolute Gasteiger partial charge is 0.258 e. The van der Waals surface area contributed by atoms with E-state index in [0.717, 1.165) is 4.90 Å². The minimum absolute atomic E-state index is 0.0663. The van der Waals surface area contributed by atoms with Crippen molar-refractivity contribution in [2.24, 2.45) is 0 Å². The summed E-state index contributed by atoms with van der Waals surface area (Å²) in [7, 11) is 0. The topological polar surface area (TPSA) is 29.1 Å². The third-order valence-corrected chi connectivity index (χ3v) is 3.56. The van der Waals surface area contributed by atoms with Crippen molar-refractivity contribution >= 4 is 35.0 Å². The molecule has 1 amide bonds. The second-order valence-electron chi connectivity index (χ2n) is 3.78. The maximum absolute atomic E-state index is 13.6. The molecule has 2 nitrogen and oxygen atoms in total. The van der Waals surface area contributed by atoms with Gasteiger partial charge in [0.1, 0.15) is 5.82 Å². The lowest BCUT2D eigenvalue weighted by Gasteiger charge is -2.09. The molecule has 19 heavy (non-hydrogen) atoms. The van der Waals surface area contributed by atoms with Crippen LogP contribution in [0.2, 0.25) is 5.02 Å². The molecule has 0 heterocycles. The molecule has 0 aromatic heterocycles. The number of para-hydroxylation sites is 1. The molecule has 2 aromatic carbocycles. The summed E-state index contributed by atoms with van der Waals surface area (Å²) in [6.45, 7) is 0. The van der Waals surface area contributed by atoms with Crippen molar-refractivity contribution in [2.75, 3.05) is 11.6 Å². The first-order valence-electron chi connectivity index (χ1n) is 5.51. The Hall–Kier alpha value is -1.52. The lowest BCUT2D eigenvalue weighted by molar-refractivity contribution is 0.102. The maximum Gasteiger partial charge on any atom is 0.258 e. The lowest BCUT2D eigenvalue weighted by Crippen LogP contribution is -2.14. The highest BCUT2D eigenvalue weighted by molar-refractivity contribution is 7.98. The van der Waals surface area contributed by atoms with Crippen molar-refractivity contribution in [3.8, 4) is 0 Å². The van der Waals surface area contributed by atoms with E-state index in [-0.39, 0.29) is 5.56 Å². The van der Waals surface area contributed by atoms with Crippen LogP contribution in [-0.2, 0) is 0 Å². The number of nitrogens with one attached hydrogen (secondary N) is 1. The number of anilines is 1. The molecule has 0 saturated heterocycles. The van der Waals surface area contributed by atoms with Gasteiger partial charge in [-0.2, -0.15) is 0 Å². The average molecular weight is 296 g/mol. The van der Waals surface area contributed by atoms with Crippen LogP contribution in [-0.4, -0.2) is 12.2 Å². The number of amides is 1. The minimum atomic E-state index is -0.594. The first kappa shape index (κ1) is 13.9. The van der Waals surface area contributed by atoms with E-state index in [1.54, 1.807) is 6.07 Å². The number of rotatable bonds is 3. The van der Waals surface area contributed by atoms with Crippen LogP contribution in [0.15, 0.2) is 47.4 Å². The number of carbonyl (C=O) groups is 1. The fraction of sp³-hybridized carbons (Fsp3) is 0.0714. The Balaban J connectivity index is 2.28. The fourth-order valence-electron chi connectivity index (χ4n) is 1.61. The molecule has 1 N–H and O–H groups in total. The van der Waals surface area contributed by atoms with Crippen molar-refractivity contribution in [3.05, 3.63) is 58.9 Å². The Morgan fingerprint density at radius 2 is 2.00 bits per heavy atom. The molecule has 2 rings (SSSR count). The van der Waals surface area contributed by atoms with Gasteiger partial charge in [0.15, 0.2) is 0 Å². The van der Waals surface area contributed by atoms with Gasteiger partial charge in [0.2, 0.25) is 0 Å². The third kappa shape index (κ3) is 3.28. The summed E-state index contributed by atoms with van der Waals surface area (Å²) in [5.74, 6) is -1.11. The summed E-state index contributed by atoms with van der Waals surface area (Å²) in [6, 6.07) is 11.2. The van der Waals surface area contributed by atoms with E-state index < -0.39 is 11.7 Å². The van der Waals surface area contributed by atoms with E-state index in [0.29, 0.717) is 10.7 Å². The molecule has 0 aliphatic carbocycles. The van der Waals surface area contributed by atoms with Crippen LogP contribution in [0.5, 0.6) is 0 Å². The molecule has 0 aliphatic rings. The Morgan fingerprint density at radius 1 is 1.26 bits per heavy atom. The molecule has 98 valence electrons. The summed E-state index contributed by atoms with van der Waals surface area (Å²) in [5.41, 5.74) is 0.586. The van der Waals surface area contributed by atoms with Crippen molar-refractivity contribution < 1.29 is 9.18 Å². The van der Waals surface area contributed by atoms with E-state index in [4.69, 9.17) is 11.6 Å². The zero-order valence-corrected chi connectivity index (χ0v) is 11.7. The van der Waals surface area contributed by atoms with Gasteiger partial charge in [0.25, 0.3) is 5.91 Å². The number of benzene rings is 2. The van der Waals surface area contributed by atoms with Crippen LogP contribution >= 0.6 is 23.4 Å². The van der Waals surface area contributed by atoms with Gasteiger partial charge >= 0.3 is 0 Å². The van der Waals surface area contributed by atoms with E-state index in [2.05, 4.69) is 5.32 Å². The SMILES string of the molecule is CSc1ccccc1NC(=O)c1cc(Cl)ccc1F. The van der Waals surface area contributed by atoms with Crippen molar-refractivity contribution in [1.29, 1.82) is 0 Å². The first-order valence-corrected chi connectivity index (χ1v) is 7.11. The summed E-state index contributed by atoms with van der Waals surface area (Å²) in [5, 5.41) is 3.01. The van der Waals surface area contributed by atoms with Crippen LogP contribution in [0.3, 0.4) is 0 Å². The fourth-order valence-corrected chi connectivity index (χ4v) is 2.33. The van der Waals surface area contributed by atoms with E-state index in [1.807, 2.05) is 24.5 Å². The summed E-state index contributed by atoms with van der Waals surface area (Å²) in [6.07, 6.45) is 1.91. The third-order valence-electron chi connectivity index (χ3n) is 2.53. The number of halogens is 2. The maximum atomic E-state index is 13.6. The Morgan fingerprint density at radius 3 is 2.74 bits per heavy atom. The Bertz CT molecular complexity index is 618. The minimum Gasteiger partial charge on any atom is -0.321 e. The normalized spacial score (nSPS) is 10.3. The zero-order chi connectivity index (χ0) is 13.8. The molecule has 0 spiro atoms. The standard InChI is InChI=1S/C14H11ClFNOS/c1-19-13-5-3-2-4-12(13)17-14(18)10-8-9(15)6-7-11(10)16/h2-8H,1H3,(H,17,18). The number of hydrogen-bond acceptors (Lipinski definition) is 2. The van der Waals surface area contributed by atoms with Gasteiger partial charge in [-0.25, -0.2) is 4.39 Å². The summed E-state index contributed by atoms with van der Waals surface area (Å²) < 4.78 is 13.6. The number of hydrogen-bond donors (Lipinski definition) is 1. The number of thioether (sulfide) groups is 1. The molecule has 0 saturated carbocycles. The molecule has 0 fully saturated rings. The summed E-state index contributed by atoms with van der Waals surface area (Å²) in [4.78, 5) is 13.0. The van der Waals surface area contributed by atoms with Crippen LogP contribution < -0.4 is 5.32 Å². The Labute approximate surface area is 120 Å². The van der Waals surface area contributed by atoms with Gasteiger partial charge in [-0.15, -0.1) is 11.8 Å². The second-order valence-corrected chi connectivity index (χ2v) is 5.06. The van der Waals surface area contributed by atoms with Crippen LogP contribution in [0.25, 0.3) is 0 Å². The van der Waals surface area contributed by atoms with E-state index in [1.165, 1.54) is 30.0 Å². The lowest BCUT2D eigenvalue weighted by atomic mass is 10.2. The molecular formula is C14H11ClFNOS. The molecule has 0 aliphatic heterocycles. The van der Waals surface area contributed by atoms with Crippen molar-refractivity contribution in [2.45, 2.75) is 4.90 Å². The van der Waals surface area contributed by atoms with Gasteiger partial charge < -0.3 is 5.32 Å². The number of carbonyl (C=O) groups excluding carboxylic acids is 1. The predicted molar refractivity (Wildman–Crippen MR) is 77.6 cm³/mol. The highest BCUT2D eigenvalue weighted by Crippen LogP contribution is 2.25. The monoisotopic (exact) mass is 295 g/mol. The highest BCUT2D eigenvalue weighted by Gasteiger charge is 2.13. The van der Waals surface area contributed by atoms with Crippen LogP contribution in [0.1, 0.15) is 10.4 Å². The molecule has 0 atom stereocenters. The van der Waals surface area contributed by atoms with Gasteiger partial charge in [0, 0.05) is 9.92 Å². The molecule has 5 heteroatoms. The van der Waals surface area contributed by atoms with Crippen LogP contribution in [0, 0.1) is 5.82 Å². The predicted octanol–water partition coefficient (Wildman–Crippen LogP) is 4.45. The highest BCUT2D eigenvalue weighted by atomic mass is 35.5. The van der Waals surface area contributed by atoms with Gasteiger partial charge in [-0.05, 0) is 36.6 Å². The molecule has 0 unspecified atom stereocenters. The Kier molecular flexibility index (Phi) is 4.45. The van der Waals surface area contributed by atoms with Gasteiger partial charge in [-0.1, -0.05) is 23.7 Å². The van der Waals surface area contributed by atoms with Crippen LogP contribution in [0.4, 0.5) is 10.1 Å². The van der Waals surface area contributed by atoms with Gasteiger partial charge in [0.05, 0.1) is 11.3 Å². The largest absolute Gasteiger partial charge is 0.321 e. The molecule has 0 bridgehead atoms.